The van der Waals surface area contributed by atoms with Crippen molar-refractivity contribution in [2.45, 2.75) is 25.3 Å². The van der Waals surface area contributed by atoms with Gasteiger partial charge >= 0.3 is 0 Å². The van der Waals surface area contributed by atoms with Gasteiger partial charge in [-0.25, -0.2) is 4.39 Å². The first-order chi connectivity index (χ1) is 9.20. The first-order valence-electron chi connectivity index (χ1n) is 6.33. The van der Waals surface area contributed by atoms with Crippen LogP contribution < -0.4 is 5.32 Å². The first-order valence-corrected chi connectivity index (χ1v) is 7.12. The highest BCUT2D eigenvalue weighted by molar-refractivity contribution is 9.10. The van der Waals surface area contributed by atoms with Gasteiger partial charge in [-0.15, -0.1) is 0 Å². The Kier molecular flexibility index (Phi) is 5.16. The molecule has 2 rings (SSSR count). The van der Waals surface area contributed by atoms with Crippen LogP contribution in [0.15, 0.2) is 45.5 Å². The molecular weight excluding hydrogens is 309 g/mol. The Balaban J connectivity index is 1.96. The van der Waals surface area contributed by atoms with Gasteiger partial charge in [-0.05, 0) is 59.6 Å². The Hall–Kier alpha value is -1.13. The molecule has 0 saturated carbocycles. The minimum absolute atomic E-state index is 0.210. The van der Waals surface area contributed by atoms with Crippen molar-refractivity contribution < 1.29 is 8.81 Å². The van der Waals surface area contributed by atoms with Crippen molar-refractivity contribution in [2.75, 3.05) is 7.05 Å². The second kappa shape index (κ2) is 6.87. The number of halogens is 2. The molecule has 0 fully saturated rings. The molecule has 4 heteroatoms. The summed E-state index contributed by atoms with van der Waals surface area (Å²) in [6.45, 7) is 0. The molecule has 0 aliphatic heterocycles. The summed E-state index contributed by atoms with van der Waals surface area (Å²) in [5.74, 6) is 0.775. The predicted octanol–water partition coefficient (Wildman–Crippen LogP) is 3.94. The lowest BCUT2D eigenvalue weighted by atomic mass is 10.0. The number of rotatable bonds is 6. The van der Waals surface area contributed by atoms with E-state index in [-0.39, 0.29) is 5.82 Å². The normalized spacial score (nSPS) is 12.6. The number of nitrogens with one attached hydrogen (secondary N) is 1. The molecule has 0 aliphatic carbocycles. The van der Waals surface area contributed by atoms with Crippen LogP contribution in [-0.2, 0) is 12.8 Å². The van der Waals surface area contributed by atoms with E-state index in [1.807, 2.05) is 25.2 Å². The van der Waals surface area contributed by atoms with Gasteiger partial charge in [0.1, 0.15) is 11.6 Å². The van der Waals surface area contributed by atoms with Gasteiger partial charge in [0, 0.05) is 12.5 Å². The van der Waals surface area contributed by atoms with Crippen LogP contribution >= 0.6 is 15.9 Å². The Labute approximate surface area is 121 Å². The Morgan fingerprint density at radius 2 is 2.16 bits per heavy atom. The SMILES string of the molecule is CNC(CCc1ccco1)Cc1cccc(F)c1Br. The van der Waals surface area contributed by atoms with Gasteiger partial charge in [0.05, 0.1) is 10.7 Å². The topological polar surface area (TPSA) is 25.2 Å². The minimum Gasteiger partial charge on any atom is -0.469 e. The van der Waals surface area contributed by atoms with Gasteiger partial charge in [-0.3, -0.25) is 0 Å². The number of hydrogen-bond acceptors (Lipinski definition) is 2. The third-order valence-electron chi connectivity index (χ3n) is 3.23. The van der Waals surface area contributed by atoms with Gasteiger partial charge in [0.2, 0.25) is 0 Å². The lowest BCUT2D eigenvalue weighted by molar-refractivity contribution is 0.459. The zero-order valence-corrected chi connectivity index (χ0v) is 12.4. The Bertz CT molecular complexity index is 513. The number of likely N-dealkylation sites (N-methyl/N-ethyl adjacent to an activating group) is 1. The summed E-state index contributed by atoms with van der Waals surface area (Å²) in [4.78, 5) is 0. The van der Waals surface area contributed by atoms with Crippen molar-refractivity contribution in [3.63, 3.8) is 0 Å². The molecule has 1 aromatic carbocycles. The van der Waals surface area contributed by atoms with Crippen LogP contribution in [0.4, 0.5) is 4.39 Å². The van der Waals surface area contributed by atoms with Gasteiger partial charge in [0.15, 0.2) is 0 Å². The summed E-state index contributed by atoms with van der Waals surface area (Å²) in [5, 5.41) is 3.27. The van der Waals surface area contributed by atoms with Crippen LogP contribution in [0.5, 0.6) is 0 Å². The average Bonchev–Trinajstić information content (AvgIpc) is 2.92. The van der Waals surface area contributed by atoms with E-state index in [2.05, 4.69) is 21.2 Å². The van der Waals surface area contributed by atoms with Crippen molar-refractivity contribution in [3.05, 3.63) is 58.2 Å². The molecule has 0 bridgehead atoms. The fraction of sp³-hybridized carbons (Fsp3) is 0.333. The van der Waals surface area contributed by atoms with E-state index in [1.165, 1.54) is 6.07 Å². The maximum atomic E-state index is 13.5. The van der Waals surface area contributed by atoms with E-state index in [1.54, 1.807) is 12.3 Å². The molecule has 1 atom stereocenters. The van der Waals surface area contributed by atoms with E-state index < -0.39 is 0 Å². The van der Waals surface area contributed by atoms with Crippen molar-refractivity contribution in [3.8, 4) is 0 Å². The second-order valence-electron chi connectivity index (χ2n) is 4.52. The summed E-state index contributed by atoms with van der Waals surface area (Å²) in [6.07, 6.45) is 4.31. The number of furan rings is 1. The predicted molar refractivity (Wildman–Crippen MR) is 77.7 cm³/mol. The lowest BCUT2D eigenvalue weighted by Gasteiger charge is -2.16. The van der Waals surface area contributed by atoms with Gasteiger partial charge < -0.3 is 9.73 Å². The third kappa shape index (κ3) is 3.91. The van der Waals surface area contributed by atoms with E-state index in [4.69, 9.17) is 4.42 Å². The quantitative estimate of drug-likeness (QED) is 0.870. The number of hydrogen-bond donors (Lipinski definition) is 1. The van der Waals surface area contributed by atoms with Crippen LogP contribution in [0.25, 0.3) is 0 Å². The molecule has 1 heterocycles. The first kappa shape index (κ1) is 14.3. The summed E-state index contributed by atoms with van der Waals surface area (Å²) in [7, 11) is 1.93. The highest BCUT2D eigenvalue weighted by Crippen LogP contribution is 2.22. The molecule has 0 aliphatic rings. The van der Waals surface area contributed by atoms with Gasteiger partial charge in [0.25, 0.3) is 0 Å². The summed E-state index contributed by atoms with van der Waals surface area (Å²) < 4.78 is 19.3. The van der Waals surface area contributed by atoms with Crippen molar-refractivity contribution in [2.24, 2.45) is 0 Å². The van der Waals surface area contributed by atoms with Crippen molar-refractivity contribution in [1.82, 2.24) is 5.32 Å². The highest BCUT2D eigenvalue weighted by Gasteiger charge is 2.12. The fourth-order valence-corrected chi connectivity index (χ4v) is 2.52. The monoisotopic (exact) mass is 325 g/mol. The van der Waals surface area contributed by atoms with Crippen LogP contribution in [0, 0.1) is 5.82 Å². The summed E-state index contributed by atoms with van der Waals surface area (Å²) in [5.41, 5.74) is 0.985. The molecular formula is C15H17BrFNO. The minimum atomic E-state index is -0.210. The maximum Gasteiger partial charge on any atom is 0.137 e. The maximum absolute atomic E-state index is 13.5. The zero-order chi connectivity index (χ0) is 13.7. The molecule has 0 radical (unpaired) electrons. The van der Waals surface area contributed by atoms with Gasteiger partial charge in [-0.2, -0.15) is 0 Å². The summed E-state index contributed by atoms with van der Waals surface area (Å²) in [6, 6.07) is 9.32. The summed E-state index contributed by atoms with van der Waals surface area (Å²) >= 11 is 3.31. The molecule has 0 amide bonds. The molecule has 1 unspecified atom stereocenters. The van der Waals surface area contributed by atoms with E-state index in [0.717, 1.165) is 30.6 Å². The van der Waals surface area contributed by atoms with E-state index in [0.29, 0.717) is 10.5 Å². The van der Waals surface area contributed by atoms with Gasteiger partial charge in [-0.1, -0.05) is 12.1 Å². The van der Waals surface area contributed by atoms with Crippen LogP contribution in [0.2, 0.25) is 0 Å². The van der Waals surface area contributed by atoms with E-state index in [9.17, 15) is 4.39 Å². The molecule has 0 saturated heterocycles. The fourth-order valence-electron chi connectivity index (χ4n) is 2.09. The molecule has 0 spiro atoms. The number of aryl methyl sites for hydroxylation is 1. The molecule has 2 nitrogen and oxygen atoms in total. The zero-order valence-electron chi connectivity index (χ0n) is 10.8. The van der Waals surface area contributed by atoms with Crippen LogP contribution in [-0.4, -0.2) is 13.1 Å². The van der Waals surface area contributed by atoms with Crippen molar-refractivity contribution >= 4 is 15.9 Å². The standard InChI is InChI=1S/C15H17BrFNO/c1-18-12(7-8-13-5-3-9-19-13)10-11-4-2-6-14(17)15(11)16/h2-6,9,12,18H,7-8,10H2,1H3. The highest BCUT2D eigenvalue weighted by atomic mass is 79.9. The smallest absolute Gasteiger partial charge is 0.137 e. The average molecular weight is 326 g/mol. The Morgan fingerprint density at radius 3 is 2.84 bits per heavy atom. The Morgan fingerprint density at radius 1 is 1.32 bits per heavy atom. The van der Waals surface area contributed by atoms with E-state index >= 15 is 0 Å². The van der Waals surface area contributed by atoms with Crippen molar-refractivity contribution in [1.29, 1.82) is 0 Å². The molecule has 102 valence electrons. The largest absolute Gasteiger partial charge is 0.469 e. The van der Waals surface area contributed by atoms with Crippen LogP contribution in [0.3, 0.4) is 0 Å². The number of benzene rings is 1. The third-order valence-corrected chi connectivity index (χ3v) is 4.11. The molecule has 19 heavy (non-hydrogen) atoms. The molecule has 2 aromatic rings. The molecule has 1 N–H and O–H groups in total. The lowest BCUT2D eigenvalue weighted by Crippen LogP contribution is -2.28. The van der Waals surface area contributed by atoms with Crippen LogP contribution in [0.1, 0.15) is 17.7 Å². The second-order valence-corrected chi connectivity index (χ2v) is 5.31. The molecule has 1 aromatic heterocycles.